The van der Waals surface area contributed by atoms with Crippen LogP contribution >= 0.6 is 0 Å². The van der Waals surface area contributed by atoms with Gasteiger partial charge >= 0.3 is 12.1 Å². The summed E-state index contributed by atoms with van der Waals surface area (Å²) in [5.41, 5.74) is -3.93. The maximum Gasteiger partial charge on any atom is 0.419 e. The lowest BCUT2D eigenvalue weighted by molar-refractivity contribution is -0.190. The highest BCUT2D eigenvalue weighted by Crippen LogP contribution is 2.74. The fourth-order valence-electron chi connectivity index (χ4n) is 11.2. The van der Waals surface area contributed by atoms with E-state index in [2.05, 4.69) is 34.6 Å². The Balaban J connectivity index is 1.48. The number of benzene rings is 1. The molecular formula is C38H47F3O4. The minimum Gasteiger partial charge on any atom is -0.460 e. The van der Waals surface area contributed by atoms with Crippen molar-refractivity contribution in [1.82, 2.24) is 0 Å². The molecule has 0 amide bonds. The van der Waals surface area contributed by atoms with Crippen LogP contribution < -0.4 is 0 Å². The van der Waals surface area contributed by atoms with Crippen LogP contribution in [0.5, 0.6) is 0 Å². The van der Waals surface area contributed by atoms with E-state index in [-0.39, 0.29) is 23.7 Å². The van der Waals surface area contributed by atoms with E-state index in [1.165, 1.54) is 12.5 Å². The highest BCUT2D eigenvalue weighted by Gasteiger charge is 2.73. The van der Waals surface area contributed by atoms with Gasteiger partial charge in [-0.15, -0.1) is 0 Å². The molecule has 0 unspecified atom stereocenters. The number of hydrogen-bond donors (Lipinski definition) is 0. The van der Waals surface area contributed by atoms with Crippen LogP contribution in [0.15, 0.2) is 53.6 Å². The van der Waals surface area contributed by atoms with Crippen molar-refractivity contribution in [2.75, 3.05) is 0 Å². The second-order valence-corrected chi connectivity index (χ2v) is 16.3. The Labute approximate surface area is 265 Å². The van der Waals surface area contributed by atoms with Gasteiger partial charge in [0.1, 0.15) is 12.0 Å². The first kappa shape index (κ1) is 32.2. The number of fused-ring (bicyclic) bond motifs is 7. The molecule has 10 atom stereocenters. The monoisotopic (exact) mass is 624 g/mol. The average molecular weight is 625 g/mol. The Kier molecular flexibility index (Phi) is 7.27. The second kappa shape index (κ2) is 10.1. The molecule has 5 aliphatic carbocycles. The van der Waals surface area contributed by atoms with Crippen molar-refractivity contribution in [1.29, 1.82) is 0 Å². The van der Waals surface area contributed by atoms with Crippen LogP contribution in [0.1, 0.15) is 92.6 Å². The molecule has 5 aliphatic rings. The molecule has 0 heterocycles. The van der Waals surface area contributed by atoms with Gasteiger partial charge < -0.3 is 4.74 Å². The molecule has 244 valence electrons. The van der Waals surface area contributed by atoms with Gasteiger partial charge in [0.25, 0.3) is 0 Å². The standard InChI is InChI=1S/C38H47F3O4/c1-22-13-15-33(3)17-18-35(5)25(29(33)23(22)2)19-27(42)30-34(4)20-26(38(39,40)41)31(43)37(7,28(34)14-16-36(30,35)6)32(44)45-21-24-11-9-8-10-12-24/h8-12,19-20,22-23,28-30H,13-18,21H2,1-7H3/t22-,23+,28-,29+,30-,33-,34+,35-,36-,37-/m1/s1. The highest BCUT2D eigenvalue weighted by atomic mass is 19.4. The Bertz CT molecular complexity index is 1490. The predicted molar refractivity (Wildman–Crippen MR) is 166 cm³/mol. The van der Waals surface area contributed by atoms with Crippen LogP contribution in [0.4, 0.5) is 13.2 Å². The fraction of sp³-hybridized carbons (Fsp3) is 0.658. The van der Waals surface area contributed by atoms with Gasteiger partial charge in [0.05, 0.1) is 5.57 Å². The predicted octanol–water partition coefficient (Wildman–Crippen LogP) is 8.84. The summed E-state index contributed by atoms with van der Waals surface area (Å²) in [6.07, 6.45) is 2.86. The summed E-state index contributed by atoms with van der Waals surface area (Å²) in [6, 6.07) is 8.87. The van der Waals surface area contributed by atoms with E-state index < -0.39 is 57.0 Å². The molecule has 3 fully saturated rings. The molecule has 4 nitrogen and oxygen atoms in total. The number of carbonyl (C=O) groups is 3. The number of alkyl halides is 3. The van der Waals surface area contributed by atoms with Crippen molar-refractivity contribution in [3.05, 3.63) is 59.2 Å². The maximum absolute atomic E-state index is 14.7. The number of allylic oxidation sites excluding steroid dienone is 4. The average Bonchev–Trinajstić information content (AvgIpc) is 2.97. The molecule has 0 radical (unpaired) electrons. The summed E-state index contributed by atoms with van der Waals surface area (Å²) in [7, 11) is 0. The van der Waals surface area contributed by atoms with Crippen molar-refractivity contribution in [3.63, 3.8) is 0 Å². The first-order chi connectivity index (χ1) is 20.8. The van der Waals surface area contributed by atoms with Crippen LogP contribution in [0.2, 0.25) is 0 Å². The van der Waals surface area contributed by atoms with Crippen molar-refractivity contribution in [3.8, 4) is 0 Å². The minimum atomic E-state index is -4.98. The summed E-state index contributed by atoms with van der Waals surface area (Å²) in [6.45, 7) is 14.1. The molecule has 0 aromatic heterocycles. The van der Waals surface area contributed by atoms with Gasteiger partial charge in [-0.3, -0.25) is 14.4 Å². The third kappa shape index (κ3) is 4.34. The summed E-state index contributed by atoms with van der Waals surface area (Å²) in [4.78, 5) is 42.3. The van der Waals surface area contributed by atoms with Gasteiger partial charge in [-0.05, 0) is 97.0 Å². The number of ketones is 2. The SMILES string of the molecule is C[C@H]1[C@H](C)CC[C@]2(C)CC[C@]3(C)C(=CC(=O)[C@@H]4[C@@]5(C)C=C(C(F)(F)F)C(=O)[C@](C)(C(=O)OCc6ccccc6)[C@@H]5CC[C@]43C)[C@H]12. The first-order valence-corrected chi connectivity index (χ1v) is 16.7. The first-order valence-electron chi connectivity index (χ1n) is 16.7. The van der Waals surface area contributed by atoms with E-state index >= 15 is 0 Å². The van der Waals surface area contributed by atoms with Gasteiger partial charge in [-0.2, -0.15) is 13.2 Å². The number of rotatable bonds is 3. The van der Waals surface area contributed by atoms with Crippen molar-refractivity contribution in [2.24, 2.45) is 56.7 Å². The van der Waals surface area contributed by atoms with E-state index in [9.17, 15) is 27.6 Å². The molecule has 0 spiro atoms. The normalized spacial score (nSPS) is 44.4. The molecule has 7 heteroatoms. The zero-order valence-electron chi connectivity index (χ0n) is 27.6. The molecular weight excluding hydrogens is 577 g/mol. The molecule has 0 N–H and O–H groups in total. The van der Waals surface area contributed by atoms with Crippen LogP contribution in [-0.4, -0.2) is 23.7 Å². The lowest BCUT2D eigenvalue weighted by atomic mass is 9.33. The Morgan fingerprint density at radius 2 is 1.60 bits per heavy atom. The lowest BCUT2D eigenvalue weighted by Crippen LogP contribution is -2.67. The minimum absolute atomic E-state index is 0.0869. The third-order valence-corrected chi connectivity index (χ3v) is 14.1. The maximum atomic E-state index is 14.7. The number of halogens is 3. The summed E-state index contributed by atoms with van der Waals surface area (Å²) < 4.78 is 49.8. The van der Waals surface area contributed by atoms with Crippen LogP contribution in [0.3, 0.4) is 0 Å². The summed E-state index contributed by atoms with van der Waals surface area (Å²) in [5.74, 6) is -2.89. The molecule has 0 saturated heterocycles. The molecule has 0 aliphatic heterocycles. The van der Waals surface area contributed by atoms with Gasteiger partial charge in [-0.25, -0.2) is 0 Å². The number of hydrogen-bond acceptors (Lipinski definition) is 4. The fourth-order valence-corrected chi connectivity index (χ4v) is 11.2. The summed E-state index contributed by atoms with van der Waals surface area (Å²) >= 11 is 0. The lowest BCUT2D eigenvalue weighted by Gasteiger charge is -2.69. The van der Waals surface area contributed by atoms with Crippen LogP contribution in [0.25, 0.3) is 0 Å². The van der Waals surface area contributed by atoms with E-state index in [1.54, 1.807) is 37.3 Å². The molecule has 6 rings (SSSR count). The van der Waals surface area contributed by atoms with Crippen molar-refractivity contribution < 1.29 is 32.3 Å². The number of carbonyl (C=O) groups excluding carboxylic acids is 3. The number of ether oxygens (including phenoxy) is 1. The Hall–Kier alpha value is -2.70. The third-order valence-electron chi connectivity index (χ3n) is 14.1. The van der Waals surface area contributed by atoms with Crippen LogP contribution in [0, 0.1) is 56.7 Å². The van der Waals surface area contributed by atoms with E-state index in [0.717, 1.165) is 31.8 Å². The van der Waals surface area contributed by atoms with Crippen molar-refractivity contribution in [2.45, 2.75) is 99.8 Å². The van der Waals surface area contributed by atoms with Gasteiger partial charge in [0.2, 0.25) is 0 Å². The summed E-state index contributed by atoms with van der Waals surface area (Å²) in [5, 5.41) is 0. The van der Waals surface area contributed by atoms with E-state index in [4.69, 9.17) is 4.74 Å². The molecule has 1 aromatic rings. The van der Waals surface area contributed by atoms with E-state index in [1.807, 2.05) is 6.07 Å². The molecule has 3 saturated carbocycles. The molecule has 0 bridgehead atoms. The van der Waals surface area contributed by atoms with Gasteiger partial charge in [0.15, 0.2) is 11.6 Å². The molecule has 45 heavy (non-hydrogen) atoms. The Morgan fingerprint density at radius 3 is 2.24 bits per heavy atom. The quantitative estimate of drug-likeness (QED) is 0.249. The molecule has 1 aromatic carbocycles. The highest BCUT2D eigenvalue weighted by molar-refractivity contribution is 6.14. The Morgan fingerprint density at radius 1 is 0.933 bits per heavy atom. The zero-order valence-corrected chi connectivity index (χ0v) is 27.6. The smallest absolute Gasteiger partial charge is 0.419 e. The topological polar surface area (TPSA) is 60.4 Å². The van der Waals surface area contributed by atoms with Crippen LogP contribution in [-0.2, 0) is 25.7 Å². The van der Waals surface area contributed by atoms with Gasteiger partial charge in [0, 0.05) is 11.3 Å². The second-order valence-electron chi connectivity index (χ2n) is 16.3. The van der Waals surface area contributed by atoms with E-state index in [0.29, 0.717) is 30.2 Å². The van der Waals surface area contributed by atoms with Gasteiger partial charge in [-0.1, -0.05) is 83.5 Å². The largest absolute Gasteiger partial charge is 0.460 e. The number of esters is 1. The van der Waals surface area contributed by atoms with Crippen molar-refractivity contribution >= 4 is 17.5 Å². The zero-order chi connectivity index (χ0) is 33.0. The number of Topliss-reactive ketones (excluding diaryl/α,β-unsaturated/α-hetero) is 1.